The van der Waals surface area contributed by atoms with Crippen molar-refractivity contribution < 1.29 is 0 Å². The van der Waals surface area contributed by atoms with Crippen molar-refractivity contribution in [1.29, 1.82) is 0 Å². The Morgan fingerprint density at radius 3 is 2.68 bits per heavy atom. The topological polar surface area (TPSA) is 63.9 Å². The maximum absolute atomic E-state index is 12.7. The molecule has 6 nitrogen and oxygen atoms in total. The minimum Gasteiger partial charge on any atom is -0.353 e. The molecule has 0 atom stereocenters. The third kappa shape index (κ3) is 4.17. The van der Waals surface area contributed by atoms with Gasteiger partial charge in [-0.15, -0.1) is 0 Å². The van der Waals surface area contributed by atoms with Gasteiger partial charge in [-0.2, -0.15) is 11.8 Å². The molecule has 0 unspecified atom stereocenters. The molecular formula is C20H23N5OS2. The maximum atomic E-state index is 12.7. The van der Waals surface area contributed by atoms with Crippen LogP contribution < -0.4 is 10.5 Å². The highest BCUT2D eigenvalue weighted by Gasteiger charge is 2.20. The van der Waals surface area contributed by atoms with Crippen LogP contribution in [0.15, 0.2) is 46.5 Å². The fourth-order valence-electron chi connectivity index (χ4n) is 3.18. The Balaban J connectivity index is 1.86. The highest BCUT2D eigenvalue weighted by atomic mass is 32.2. The molecule has 2 aromatic heterocycles. The first-order valence-corrected chi connectivity index (χ1v) is 11.7. The number of anilines is 1. The molecule has 4 rings (SSSR count). The predicted octanol–water partition coefficient (Wildman–Crippen LogP) is 3.29. The summed E-state index contributed by atoms with van der Waals surface area (Å²) < 4.78 is 1.72. The van der Waals surface area contributed by atoms with Crippen LogP contribution in [-0.2, 0) is 6.54 Å². The van der Waals surface area contributed by atoms with Gasteiger partial charge in [-0.25, -0.2) is 15.0 Å². The molecule has 0 bridgehead atoms. The van der Waals surface area contributed by atoms with Crippen LogP contribution in [0.5, 0.6) is 0 Å². The van der Waals surface area contributed by atoms with Gasteiger partial charge in [-0.1, -0.05) is 49.0 Å². The highest BCUT2D eigenvalue weighted by Crippen LogP contribution is 2.27. The Bertz CT molecular complexity index is 1000. The lowest BCUT2D eigenvalue weighted by atomic mass is 10.2. The van der Waals surface area contributed by atoms with Gasteiger partial charge in [-0.3, -0.25) is 9.36 Å². The Kier molecular flexibility index (Phi) is 6.17. The van der Waals surface area contributed by atoms with E-state index in [0.29, 0.717) is 17.7 Å². The van der Waals surface area contributed by atoms with Crippen LogP contribution in [-0.4, -0.2) is 49.9 Å². The average molecular weight is 414 g/mol. The first kappa shape index (κ1) is 19.3. The lowest BCUT2D eigenvalue weighted by Crippen LogP contribution is -2.34. The van der Waals surface area contributed by atoms with Crippen molar-refractivity contribution in [1.82, 2.24) is 19.5 Å². The van der Waals surface area contributed by atoms with Gasteiger partial charge < -0.3 is 4.90 Å². The van der Waals surface area contributed by atoms with E-state index in [9.17, 15) is 4.79 Å². The zero-order valence-electron chi connectivity index (χ0n) is 15.9. The van der Waals surface area contributed by atoms with Crippen molar-refractivity contribution in [3.05, 3.63) is 52.4 Å². The highest BCUT2D eigenvalue weighted by molar-refractivity contribution is 7.99. The number of benzene rings is 1. The van der Waals surface area contributed by atoms with Gasteiger partial charge in [0.15, 0.2) is 16.6 Å². The maximum Gasteiger partial charge on any atom is 0.270 e. The molecular weight excluding hydrogens is 390 g/mol. The molecule has 3 aromatic rings. The normalized spacial score (nSPS) is 14.5. The van der Waals surface area contributed by atoms with Gasteiger partial charge in [-0.05, 0) is 12.0 Å². The molecule has 1 aliphatic heterocycles. The quantitative estimate of drug-likeness (QED) is 0.454. The largest absolute Gasteiger partial charge is 0.353 e. The van der Waals surface area contributed by atoms with Crippen LogP contribution >= 0.6 is 23.5 Å². The van der Waals surface area contributed by atoms with Gasteiger partial charge in [0.1, 0.15) is 5.52 Å². The molecule has 1 aromatic carbocycles. The molecule has 0 aliphatic carbocycles. The SMILES string of the molecule is CCCSc1nc(N2CCSCC2)c2ncc(=O)n(Cc3ccccc3)c2n1. The van der Waals surface area contributed by atoms with Crippen molar-refractivity contribution in [3.8, 4) is 0 Å². The monoisotopic (exact) mass is 413 g/mol. The van der Waals surface area contributed by atoms with Crippen molar-refractivity contribution in [2.45, 2.75) is 25.0 Å². The van der Waals surface area contributed by atoms with Gasteiger partial charge in [0.25, 0.3) is 5.56 Å². The number of aromatic nitrogens is 4. The Morgan fingerprint density at radius 2 is 1.93 bits per heavy atom. The van der Waals surface area contributed by atoms with Crippen molar-refractivity contribution in [2.24, 2.45) is 0 Å². The van der Waals surface area contributed by atoms with Gasteiger partial charge in [0, 0.05) is 30.3 Å². The number of thioether (sulfide) groups is 2. The molecule has 8 heteroatoms. The second-order valence-electron chi connectivity index (χ2n) is 6.62. The number of fused-ring (bicyclic) bond motifs is 1. The van der Waals surface area contributed by atoms with E-state index in [2.05, 4.69) is 16.8 Å². The lowest BCUT2D eigenvalue weighted by Gasteiger charge is -2.28. The summed E-state index contributed by atoms with van der Waals surface area (Å²) in [5.41, 5.74) is 2.26. The fraction of sp³-hybridized carbons (Fsp3) is 0.400. The van der Waals surface area contributed by atoms with Crippen molar-refractivity contribution >= 4 is 40.5 Å². The lowest BCUT2D eigenvalue weighted by molar-refractivity contribution is 0.755. The molecule has 0 saturated carbocycles. The number of hydrogen-bond acceptors (Lipinski definition) is 7. The molecule has 1 saturated heterocycles. The molecule has 28 heavy (non-hydrogen) atoms. The predicted molar refractivity (Wildman–Crippen MR) is 118 cm³/mol. The summed E-state index contributed by atoms with van der Waals surface area (Å²) in [4.78, 5) is 29.0. The zero-order valence-corrected chi connectivity index (χ0v) is 17.5. The van der Waals surface area contributed by atoms with E-state index in [1.165, 1.54) is 6.20 Å². The van der Waals surface area contributed by atoms with E-state index in [4.69, 9.17) is 9.97 Å². The van der Waals surface area contributed by atoms with Crippen LogP contribution in [0.25, 0.3) is 11.2 Å². The van der Waals surface area contributed by atoms with Crippen LogP contribution in [0.2, 0.25) is 0 Å². The molecule has 1 aliphatic rings. The zero-order chi connectivity index (χ0) is 19.3. The molecule has 0 spiro atoms. The minimum absolute atomic E-state index is 0.137. The van der Waals surface area contributed by atoms with E-state index in [1.54, 1.807) is 16.3 Å². The van der Waals surface area contributed by atoms with Gasteiger partial charge in [0.2, 0.25) is 0 Å². The summed E-state index contributed by atoms with van der Waals surface area (Å²) in [7, 11) is 0. The number of hydrogen-bond donors (Lipinski definition) is 0. The first-order chi connectivity index (χ1) is 13.8. The molecule has 0 radical (unpaired) electrons. The van der Waals surface area contributed by atoms with E-state index in [0.717, 1.165) is 53.3 Å². The van der Waals surface area contributed by atoms with Crippen LogP contribution in [0.3, 0.4) is 0 Å². The summed E-state index contributed by atoms with van der Waals surface area (Å²) in [6.07, 6.45) is 2.45. The Morgan fingerprint density at radius 1 is 1.14 bits per heavy atom. The molecule has 3 heterocycles. The summed E-state index contributed by atoms with van der Waals surface area (Å²) in [6.45, 7) is 4.49. The van der Waals surface area contributed by atoms with Crippen molar-refractivity contribution in [2.75, 3.05) is 35.2 Å². The third-order valence-corrected chi connectivity index (χ3v) is 6.58. The minimum atomic E-state index is -0.137. The molecule has 1 fully saturated rings. The summed E-state index contributed by atoms with van der Waals surface area (Å²) >= 11 is 3.60. The van der Waals surface area contributed by atoms with E-state index in [1.807, 2.05) is 42.1 Å². The second-order valence-corrected chi connectivity index (χ2v) is 8.90. The third-order valence-electron chi connectivity index (χ3n) is 4.58. The van der Waals surface area contributed by atoms with Crippen LogP contribution in [0, 0.1) is 0 Å². The van der Waals surface area contributed by atoms with E-state index >= 15 is 0 Å². The van der Waals surface area contributed by atoms with E-state index < -0.39 is 0 Å². The van der Waals surface area contributed by atoms with Crippen LogP contribution in [0.1, 0.15) is 18.9 Å². The first-order valence-electron chi connectivity index (χ1n) is 9.53. The summed E-state index contributed by atoms with van der Waals surface area (Å²) in [5, 5.41) is 0.719. The second kappa shape index (κ2) is 8.96. The number of rotatable bonds is 6. The summed E-state index contributed by atoms with van der Waals surface area (Å²) in [6, 6.07) is 9.99. The molecule has 0 amide bonds. The standard InChI is InChI=1S/C20H23N5OS2/c1-2-10-28-20-22-18(24-8-11-27-12-9-24)17-19(23-20)25(16(26)13-21-17)14-15-6-4-3-5-7-15/h3-7,13H,2,8-12,14H2,1H3. The molecule has 146 valence electrons. The number of nitrogens with zero attached hydrogens (tertiary/aromatic N) is 5. The van der Waals surface area contributed by atoms with Crippen molar-refractivity contribution in [3.63, 3.8) is 0 Å². The summed E-state index contributed by atoms with van der Waals surface area (Å²) in [5.74, 6) is 3.95. The molecule has 0 N–H and O–H groups in total. The van der Waals surface area contributed by atoms with Crippen LogP contribution in [0.4, 0.5) is 5.82 Å². The Labute approximate surface area is 172 Å². The van der Waals surface area contributed by atoms with Gasteiger partial charge >= 0.3 is 0 Å². The average Bonchev–Trinajstić information content (AvgIpc) is 2.75. The smallest absolute Gasteiger partial charge is 0.270 e. The van der Waals surface area contributed by atoms with E-state index in [-0.39, 0.29) is 5.56 Å². The van der Waals surface area contributed by atoms with Gasteiger partial charge in [0.05, 0.1) is 12.7 Å². The Hall–Kier alpha value is -2.06. The fourth-order valence-corrected chi connectivity index (χ4v) is 4.77.